The molecule has 1 saturated carbocycles. The van der Waals surface area contributed by atoms with Crippen molar-refractivity contribution >= 4 is 11.6 Å². The smallest absolute Gasteiger partial charge is 0.123 e. The molecular weight excluding hydrogens is 289 g/mol. The fourth-order valence-corrected chi connectivity index (χ4v) is 3.70. The summed E-state index contributed by atoms with van der Waals surface area (Å²) in [5.41, 5.74) is 0.692. The van der Waals surface area contributed by atoms with E-state index in [1.54, 1.807) is 6.07 Å². The van der Waals surface area contributed by atoms with Crippen molar-refractivity contribution in [1.82, 2.24) is 5.32 Å². The molecule has 4 heteroatoms. The summed E-state index contributed by atoms with van der Waals surface area (Å²) in [4.78, 5) is 0. The minimum absolute atomic E-state index is 0.150. The Morgan fingerprint density at radius 1 is 1.33 bits per heavy atom. The number of hydrogen-bond acceptors (Lipinski definition) is 2. The van der Waals surface area contributed by atoms with Gasteiger partial charge in [-0.15, -0.1) is 0 Å². The van der Waals surface area contributed by atoms with E-state index in [9.17, 15) is 4.39 Å². The standard InChI is InChI=1S/C17H25ClFNO/c1-3-21-17(9-5-4-6-10-17)16(20-2)12-13-11-14(19)7-8-15(13)18/h7-8,11,16,20H,3-6,9-10,12H2,1-2H3. The average Bonchev–Trinajstić information content (AvgIpc) is 2.49. The fourth-order valence-electron chi connectivity index (χ4n) is 3.50. The highest BCUT2D eigenvalue weighted by Gasteiger charge is 2.40. The van der Waals surface area contributed by atoms with Gasteiger partial charge in [0.1, 0.15) is 5.82 Å². The molecule has 21 heavy (non-hydrogen) atoms. The molecule has 1 fully saturated rings. The maximum atomic E-state index is 13.5. The van der Waals surface area contributed by atoms with Crippen molar-refractivity contribution in [3.63, 3.8) is 0 Å². The SMILES string of the molecule is CCOC1(C(Cc2cc(F)ccc2Cl)NC)CCCCC1. The lowest BCUT2D eigenvalue weighted by Crippen LogP contribution is -2.53. The summed E-state index contributed by atoms with van der Waals surface area (Å²) in [5.74, 6) is -0.238. The normalized spacial score (nSPS) is 19.4. The van der Waals surface area contributed by atoms with Crippen LogP contribution in [-0.2, 0) is 11.2 Å². The molecule has 0 bridgehead atoms. The minimum Gasteiger partial charge on any atom is -0.374 e. The second-order valence-electron chi connectivity index (χ2n) is 5.84. The number of halogens is 2. The van der Waals surface area contributed by atoms with Crippen LogP contribution in [0.4, 0.5) is 4.39 Å². The molecule has 0 spiro atoms. The molecule has 1 aliphatic carbocycles. The molecule has 0 amide bonds. The van der Waals surface area contributed by atoms with Gasteiger partial charge in [0.25, 0.3) is 0 Å². The van der Waals surface area contributed by atoms with Crippen molar-refractivity contribution in [2.75, 3.05) is 13.7 Å². The number of hydrogen-bond donors (Lipinski definition) is 1. The summed E-state index contributed by atoms with van der Waals surface area (Å²) in [6, 6.07) is 4.72. The molecule has 2 nitrogen and oxygen atoms in total. The molecule has 1 aromatic rings. The molecule has 1 N–H and O–H groups in total. The summed E-state index contributed by atoms with van der Waals surface area (Å²) in [6.07, 6.45) is 6.45. The summed E-state index contributed by atoms with van der Waals surface area (Å²) in [5, 5.41) is 4.01. The van der Waals surface area contributed by atoms with Crippen LogP contribution in [0.2, 0.25) is 5.02 Å². The third-order valence-electron chi connectivity index (χ3n) is 4.55. The average molecular weight is 314 g/mol. The Hall–Kier alpha value is -0.640. The number of rotatable bonds is 6. The lowest BCUT2D eigenvalue weighted by molar-refractivity contribution is -0.0883. The Bertz CT molecular complexity index is 455. The maximum absolute atomic E-state index is 13.5. The second-order valence-corrected chi connectivity index (χ2v) is 6.25. The lowest BCUT2D eigenvalue weighted by Gasteiger charge is -2.43. The molecule has 0 saturated heterocycles. The zero-order chi connectivity index (χ0) is 15.3. The highest BCUT2D eigenvalue weighted by molar-refractivity contribution is 6.31. The van der Waals surface area contributed by atoms with Crippen LogP contribution in [0.25, 0.3) is 0 Å². The third kappa shape index (κ3) is 3.97. The van der Waals surface area contributed by atoms with Gasteiger partial charge >= 0.3 is 0 Å². The molecule has 1 aliphatic rings. The van der Waals surface area contributed by atoms with Gasteiger partial charge in [0, 0.05) is 17.7 Å². The van der Waals surface area contributed by atoms with Crippen molar-refractivity contribution in [3.8, 4) is 0 Å². The van der Waals surface area contributed by atoms with E-state index in [1.807, 2.05) is 14.0 Å². The zero-order valence-electron chi connectivity index (χ0n) is 12.9. The predicted octanol–water partition coefficient (Wildman–Crippen LogP) is 4.35. The van der Waals surface area contributed by atoms with E-state index in [0.717, 1.165) is 18.4 Å². The van der Waals surface area contributed by atoms with Crippen LogP contribution in [-0.4, -0.2) is 25.3 Å². The van der Waals surface area contributed by atoms with Gasteiger partial charge < -0.3 is 10.1 Å². The largest absolute Gasteiger partial charge is 0.374 e. The first-order chi connectivity index (χ1) is 10.1. The summed E-state index contributed by atoms with van der Waals surface area (Å²) >= 11 is 6.22. The Kier molecular flexibility index (Phi) is 6.03. The van der Waals surface area contributed by atoms with E-state index in [-0.39, 0.29) is 17.5 Å². The van der Waals surface area contributed by atoms with Crippen molar-refractivity contribution in [2.45, 2.75) is 57.1 Å². The number of ether oxygens (including phenoxy) is 1. The maximum Gasteiger partial charge on any atom is 0.123 e. The van der Waals surface area contributed by atoms with E-state index in [2.05, 4.69) is 5.32 Å². The van der Waals surface area contributed by atoms with E-state index in [0.29, 0.717) is 18.1 Å². The van der Waals surface area contributed by atoms with Gasteiger partial charge in [-0.1, -0.05) is 30.9 Å². The van der Waals surface area contributed by atoms with E-state index >= 15 is 0 Å². The second kappa shape index (κ2) is 7.57. The number of benzene rings is 1. The van der Waals surface area contributed by atoms with Crippen LogP contribution in [0.1, 0.15) is 44.6 Å². The van der Waals surface area contributed by atoms with Crippen molar-refractivity contribution in [2.24, 2.45) is 0 Å². The molecule has 1 aromatic carbocycles. The van der Waals surface area contributed by atoms with Crippen LogP contribution < -0.4 is 5.32 Å². The highest BCUT2D eigenvalue weighted by atomic mass is 35.5. The Balaban J connectivity index is 2.22. The molecule has 118 valence electrons. The van der Waals surface area contributed by atoms with Crippen molar-refractivity contribution in [1.29, 1.82) is 0 Å². The number of nitrogens with one attached hydrogen (secondary N) is 1. The summed E-state index contributed by atoms with van der Waals surface area (Å²) in [7, 11) is 1.95. The Labute approximate surface area is 132 Å². The van der Waals surface area contributed by atoms with Gasteiger partial charge in [-0.05, 0) is 57.0 Å². The zero-order valence-corrected chi connectivity index (χ0v) is 13.7. The topological polar surface area (TPSA) is 21.3 Å². The van der Waals surface area contributed by atoms with Gasteiger partial charge in [0.15, 0.2) is 0 Å². The van der Waals surface area contributed by atoms with Crippen molar-refractivity contribution < 1.29 is 9.13 Å². The first-order valence-corrected chi connectivity index (χ1v) is 8.24. The third-order valence-corrected chi connectivity index (χ3v) is 4.92. The van der Waals surface area contributed by atoms with E-state index in [1.165, 1.54) is 31.4 Å². The minimum atomic E-state index is -0.238. The van der Waals surface area contributed by atoms with Gasteiger partial charge in [0.05, 0.1) is 5.60 Å². The first-order valence-electron chi connectivity index (χ1n) is 7.86. The van der Waals surface area contributed by atoms with E-state index < -0.39 is 0 Å². The quantitative estimate of drug-likeness (QED) is 0.843. The highest BCUT2D eigenvalue weighted by Crippen LogP contribution is 2.36. The molecular formula is C17H25ClFNO. The molecule has 1 atom stereocenters. The Morgan fingerprint density at radius 3 is 2.67 bits per heavy atom. The monoisotopic (exact) mass is 313 g/mol. The van der Waals surface area contributed by atoms with Crippen LogP contribution in [0.15, 0.2) is 18.2 Å². The van der Waals surface area contributed by atoms with Gasteiger partial charge in [-0.25, -0.2) is 4.39 Å². The van der Waals surface area contributed by atoms with Crippen molar-refractivity contribution in [3.05, 3.63) is 34.6 Å². The molecule has 0 heterocycles. The van der Waals surface area contributed by atoms with Gasteiger partial charge in [-0.2, -0.15) is 0 Å². The van der Waals surface area contributed by atoms with Gasteiger partial charge in [-0.3, -0.25) is 0 Å². The Morgan fingerprint density at radius 2 is 2.05 bits per heavy atom. The van der Waals surface area contributed by atoms with Crippen LogP contribution in [0.5, 0.6) is 0 Å². The molecule has 0 radical (unpaired) electrons. The molecule has 0 aliphatic heterocycles. The summed E-state index contributed by atoms with van der Waals surface area (Å²) in [6.45, 7) is 2.74. The first kappa shape index (κ1) is 16.7. The molecule has 2 rings (SSSR count). The lowest BCUT2D eigenvalue weighted by atomic mass is 9.77. The summed E-state index contributed by atoms with van der Waals surface area (Å²) < 4.78 is 19.6. The van der Waals surface area contributed by atoms with Crippen LogP contribution in [0, 0.1) is 5.82 Å². The van der Waals surface area contributed by atoms with Gasteiger partial charge in [0.2, 0.25) is 0 Å². The molecule has 1 unspecified atom stereocenters. The molecule has 0 aromatic heterocycles. The number of likely N-dealkylation sites (N-methyl/N-ethyl adjacent to an activating group) is 1. The fraction of sp³-hybridized carbons (Fsp3) is 0.647. The van der Waals surface area contributed by atoms with Crippen LogP contribution >= 0.6 is 11.6 Å². The van der Waals surface area contributed by atoms with Crippen LogP contribution in [0.3, 0.4) is 0 Å². The van der Waals surface area contributed by atoms with E-state index in [4.69, 9.17) is 16.3 Å². The predicted molar refractivity (Wildman–Crippen MR) is 85.4 cm³/mol.